The van der Waals surface area contributed by atoms with E-state index in [1.54, 1.807) is 0 Å². The molecule has 1 nitrogen and oxygen atoms in total. The molecule has 0 bridgehead atoms. The Balaban J connectivity index is 1.50. The molecule has 3 rings (SSSR count). The molecule has 7 heteroatoms. The number of ether oxygens (including phenoxy) is 1. The molecule has 0 aliphatic heterocycles. The largest absolute Gasteiger partial charge is 0.573 e. The fourth-order valence-electron chi connectivity index (χ4n) is 5.51. The molecule has 31 heavy (non-hydrogen) atoms. The van der Waals surface area contributed by atoms with E-state index >= 15 is 0 Å². The van der Waals surface area contributed by atoms with Gasteiger partial charge in [-0.25, -0.2) is 13.2 Å². The van der Waals surface area contributed by atoms with Crippen molar-refractivity contribution in [2.45, 2.75) is 95.8 Å². The molecule has 0 aromatic heterocycles. The Labute approximate surface area is 180 Å². The van der Waals surface area contributed by atoms with Crippen molar-refractivity contribution < 1.29 is 31.1 Å². The van der Waals surface area contributed by atoms with Crippen LogP contribution in [-0.4, -0.2) is 12.3 Å². The zero-order valence-electron chi connectivity index (χ0n) is 18.0. The van der Waals surface area contributed by atoms with Gasteiger partial charge in [0, 0.05) is 12.3 Å². The number of alkyl halides is 5. The lowest BCUT2D eigenvalue weighted by molar-refractivity contribution is -0.275. The maximum Gasteiger partial charge on any atom is 0.573 e. The van der Waals surface area contributed by atoms with Gasteiger partial charge in [0.15, 0.2) is 11.6 Å². The van der Waals surface area contributed by atoms with E-state index in [9.17, 15) is 26.3 Å². The molecule has 0 saturated heterocycles. The second-order valence-electron chi connectivity index (χ2n) is 9.43. The Bertz CT molecular complexity index is 701. The minimum atomic E-state index is -4.94. The van der Waals surface area contributed by atoms with Crippen molar-refractivity contribution in [3.8, 4) is 5.75 Å². The van der Waals surface area contributed by atoms with Crippen LogP contribution in [0.2, 0.25) is 0 Å². The Morgan fingerprint density at radius 3 is 2.03 bits per heavy atom. The van der Waals surface area contributed by atoms with Gasteiger partial charge in [-0.1, -0.05) is 25.8 Å². The lowest BCUT2D eigenvalue weighted by Gasteiger charge is -2.37. The topological polar surface area (TPSA) is 9.23 Å². The summed E-state index contributed by atoms with van der Waals surface area (Å²) in [5.41, 5.74) is 0.603. The quantitative estimate of drug-likeness (QED) is 0.378. The average molecular weight is 451 g/mol. The van der Waals surface area contributed by atoms with Crippen molar-refractivity contribution in [3.63, 3.8) is 0 Å². The summed E-state index contributed by atoms with van der Waals surface area (Å²) in [6.07, 6.45) is 2.78. The lowest BCUT2D eigenvalue weighted by Crippen LogP contribution is -2.34. The Kier molecular flexibility index (Phi) is 7.85. The summed E-state index contributed by atoms with van der Waals surface area (Å²) >= 11 is 0. The van der Waals surface area contributed by atoms with Crippen molar-refractivity contribution in [1.29, 1.82) is 0 Å². The average Bonchev–Trinajstić information content (AvgIpc) is 2.70. The van der Waals surface area contributed by atoms with Crippen LogP contribution in [0, 0.1) is 23.6 Å². The van der Waals surface area contributed by atoms with Crippen LogP contribution in [0.15, 0.2) is 18.2 Å². The number of benzene rings is 1. The first kappa shape index (κ1) is 24.2. The zero-order valence-corrected chi connectivity index (χ0v) is 18.0. The second-order valence-corrected chi connectivity index (χ2v) is 9.43. The van der Waals surface area contributed by atoms with E-state index in [0.717, 1.165) is 37.8 Å². The third kappa shape index (κ3) is 6.79. The fraction of sp³-hybridized carbons (Fsp3) is 0.750. The molecule has 0 heterocycles. The molecule has 0 spiro atoms. The van der Waals surface area contributed by atoms with Gasteiger partial charge in [0.05, 0.1) is 0 Å². The summed E-state index contributed by atoms with van der Waals surface area (Å²) in [5.74, 6) is -4.55. The van der Waals surface area contributed by atoms with E-state index < -0.39 is 29.8 Å². The van der Waals surface area contributed by atoms with Crippen LogP contribution in [0.1, 0.15) is 89.0 Å². The molecule has 0 amide bonds. The zero-order chi connectivity index (χ0) is 22.6. The summed E-state index contributed by atoms with van der Waals surface area (Å²) in [7, 11) is 0. The Hall–Kier alpha value is -1.40. The van der Waals surface area contributed by atoms with Crippen LogP contribution in [0.3, 0.4) is 0 Å². The number of hydrogen-bond acceptors (Lipinski definition) is 1. The highest BCUT2D eigenvalue weighted by Crippen LogP contribution is 2.46. The van der Waals surface area contributed by atoms with Gasteiger partial charge >= 0.3 is 6.36 Å². The molecular formula is C24H32F6O. The van der Waals surface area contributed by atoms with Crippen LogP contribution in [0.5, 0.6) is 5.75 Å². The molecule has 2 saturated carbocycles. The van der Waals surface area contributed by atoms with E-state index in [1.807, 2.05) is 0 Å². The molecule has 2 fully saturated rings. The summed E-state index contributed by atoms with van der Waals surface area (Å²) in [6, 6.07) is 3.52. The van der Waals surface area contributed by atoms with E-state index in [1.165, 1.54) is 6.07 Å². The molecule has 0 N–H and O–H groups in total. The summed E-state index contributed by atoms with van der Waals surface area (Å²) in [4.78, 5) is 0. The molecule has 1 aromatic carbocycles. The van der Waals surface area contributed by atoms with Crippen LogP contribution in [-0.2, 0) is 0 Å². The SMILES string of the molecule is CCCC1CCC(C(F)(F)CC2CCC(c3ccc(OC(F)(F)F)c(F)c3)CC2)CC1. The van der Waals surface area contributed by atoms with Crippen LogP contribution >= 0.6 is 0 Å². The van der Waals surface area contributed by atoms with Crippen molar-refractivity contribution in [1.82, 2.24) is 0 Å². The minimum Gasteiger partial charge on any atom is -0.403 e. The van der Waals surface area contributed by atoms with Crippen molar-refractivity contribution in [2.24, 2.45) is 17.8 Å². The highest BCUT2D eigenvalue weighted by atomic mass is 19.4. The first-order valence-corrected chi connectivity index (χ1v) is 11.5. The second kappa shape index (κ2) is 10.0. The monoisotopic (exact) mass is 450 g/mol. The number of rotatable bonds is 7. The van der Waals surface area contributed by atoms with Gasteiger partial charge in [-0.3, -0.25) is 0 Å². The van der Waals surface area contributed by atoms with Crippen LogP contribution < -0.4 is 4.74 Å². The molecule has 176 valence electrons. The summed E-state index contributed by atoms with van der Waals surface area (Å²) in [5, 5.41) is 0. The van der Waals surface area contributed by atoms with E-state index in [2.05, 4.69) is 11.7 Å². The number of halogens is 6. The Morgan fingerprint density at radius 2 is 1.48 bits per heavy atom. The smallest absolute Gasteiger partial charge is 0.403 e. The highest BCUT2D eigenvalue weighted by molar-refractivity contribution is 5.31. The minimum absolute atomic E-state index is 0.0243. The molecule has 1 aromatic rings. The van der Waals surface area contributed by atoms with Crippen LogP contribution in [0.25, 0.3) is 0 Å². The van der Waals surface area contributed by atoms with Gasteiger partial charge in [0.1, 0.15) is 0 Å². The first-order chi connectivity index (χ1) is 14.6. The van der Waals surface area contributed by atoms with Gasteiger partial charge in [0.25, 0.3) is 5.92 Å². The van der Waals surface area contributed by atoms with E-state index in [-0.39, 0.29) is 18.3 Å². The molecule has 0 radical (unpaired) electrons. The standard InChI is InChI=1S/C24H32F6O/c1-2-3-16-6-11-20(12-7-16)23(26,27)15-17-4-8-18(9-5-17)19-10-13-22(21(25)14-19)31-24(28,29)30/h10,13-14,16-18,20H,2-9,11-12,15H2,1H3. The third-order valence-electron chi connectivity index (χ3n) is 7.20. The van der Waals surface area contributed by atoms with Crippen molar-refractivity contribution in [3.05, 3.63) is 29.6 Å². The molecule has 2 aliphatic carbocycles. The normalized spacial score (nSPS) is 27.8. The van der Waals surface area contributed by atoms with Crippen molar-refractivity contribution >= 4 is 0 Å². The maximum atomic E-state index is 14.9. The molecule has 0 atom stereocenters. The van der Waals surface area contributed by atoms with Gasteiger partial charge < -0.3 is 4.74 Å². The van der Waals surface area contributed by atoms with E-state index in [0.29, 0.717) is 50.0 Å². The lowest BCUT2D eigenvalue weighted by atomic mass is 9.72. The predicted molar refractivity (Wildman–Crippen MR) is 108 cm³/mol. The predicted octanol–water partition coefficient (Wildman–Crippen LogP) is 8.63. The molecule has 2 aliphatic rings. The maximum absolute atomic E-state index is 14.9. The van der Waals surface area contributed by atoms with Crippen molar-refractivity contribution in [2.75, 3.05) is 0 Å². The van der Waals surface area contributed by atoms with Crippen LogP contribution in [0.4, 0.5) is 26.3 Å². The fourth-order valence-corrected chi connectivity index (χ4v) is 5.51. The molecular weight excluding hydrogens is 418 g/mol. The van der Waals surface area contributed by atoms with E-state index in [4.69, 9.17) is 0 Å². The third-order valence-corrected chi connectivity index (χ3v) is 7.20. The summed E-state index contributed by atoms with van der Waals surface area (Å²) in [6.45, 7) is 2.14. The van der Waals surface area contributed by atoms with Gasteiger partial charge in [-0.2, -0.15) is 0 Å². The summed E-state index contributed by atoms with van der Waals surface area (Å²) < 4.78 is 84.3. The molecule has 0 unspecified atom stereocenters. The van der Waals surface area contributed by atoms with Gasteiger partial charge in [0.2, 0.25) is 0 Å². The Morgan fingerprint density at radius 1 is 0.871 bits per heavy atom. The van der Waals surface area contributed by atoms with Gasteiger partial charge in [-0.05, 0) is 86.8 Å². The highest BCUT2D eigenvalue weighted by Gasteiger charge is 2.43. The number of hydrogen-bond donors (Lipinski definition) is 0. The first-order valence-electron chi connectivity index (χ1n) is 11.5. The van der Waals surface area contributed by atoms with Gasteiger partial charge in [-0.15, -0.1) is 13.2 Å².